The molecule has 1 aromatic rings. The second-order valence-corrected chi connectivity index (χ2v) is 3.47. The van der Waals surface area contributed by atoms with Crippen molar-refractivity contribution in [3.8, 4) is 0 Å². The van der Waals surface area contributed by atoms with Gasteiger partial charge in [-0.15, -0.1) is 0 Å². The molecule has 0 fully saturated rings. The fourth-order valence-electron chi connectivity index (χ4n) is 1.13. The Hall–Kier alpha value is -1.29. The number of nitrogens with two attached hydrogens (primary N) is 1. The molecule has 0 aliphatic rings. The smallest absolute Gasteiger partial charge is 0.219 e. The first-order valence-corrected chi connectivity index (χ1v) is 4.62. The molecule has 3 N–H and O–H groups in total. The Labute approximate surface area is 87.5 Å². The molecule has 1 heterocycles. The van der Waals surface area contributed by atoms with Crippen LogP contribution in [0.4, 0.5) is 5.69 Å². The predicted molar refractivity (Wildman–Crippen MR) is 56.1 cm³/mol. The number of nitrogens with one attached hydrogen (secondary N) is 1. The number of carbonyl (C=O) groups is 1. The average molecular weight is 214 g/mol. The zero-order valence-corrected chi connectivity index (χ0v) is 8.58. The van der Waals surface area contributed by atoms with Crippen molar-refractivity contribution in [3.63, 3.8) is 0 Å². The first kappa shape index (κ1) is 10.8. The molecule has 1 rings (SSSR count). The van der Waals surface area contributed by atoms with E-state index in [2.05, 4.69) is 10.3 Å². The van der Waals surface area contributed by atoms with Crippen LogP contribution in [0.5, 0.6) is 0 Å². The number of rotatable bonds is 4. The molecule has 0 radical (unpaired) electrons. The molecule has 0 spiro atoms. The standard InChI is InChI=1S/C9H12ClN3O/c1-6(4-9(11)14)13-7-2-3-12-8(10)5-7/h2-3,5-6H,4H2,1H3,(H2,11,14)(H,12,13). The lowest BCUT2D eigenvalue weighted by Crippen LogP contribution is -2.23. The van der Waals surface area contributed by atoms with Crippen molar-refractivity contribution < 1.29 is 4.79 Å². The van der Waals surface area contributed by atoms with E-state index in [-0.39, 0.29) is 11.9 Å². The van der Waals surface area contributed by atoms with Crippen LogP contribution in [-0.4, -0.2) is 16.9 Å². The summed E-state index contributed by atoms with van der Waals surface area (Å²) >= 11 is 5.69. The summed E-state index contributed by atoms with van der Waals surface area (Å²) in [5.74, 6) is -0.329. The quantitative estimate of drug-likeness (QED) is 0.744. The van der Waals surface area contributed by atoms with Crippen LogP contribution in [0.15, 0.2) is 18.3 Å². The van der Waals surface area contributed by atoms with Gasteiger partial charge >= 0.3 is 0 Å². The summed E-state index contributed by atoms with van der Waals surface area (Å²) in [4.78, 5) is 14.5. The molecule has 14 heavy (non-hydrogen) atoms. The number of anilines is 1. The summed E-state index contributed by atoms with van der Waals surface area (Å²) in [7, 11) is 0. The summed E-state index contributed by atoms with van der Waals surface area (Å²) < 4.78 is 0. The van der Waals surface area contributed by atoms with E-state index in [1.807, 2.05) is 6.92 Å². The van der Waals surface area contributed by atoms with E-state index in [0.717, 1.165) is 5.69 Å². The second-order valence-electron chi connectivity index (χ2n) is 3.08. The summed E-state index contributed by atoms with van der Waals surface area (Å²) in [5.41, 5.74) is 5.89. The van der Waals surface area contributed by atoms with Crippen molar-refractivity contribution in [2.24, 2.45) is 5.73 Å². The number of aromatic nitrogens is 1. The second kappa shape index (κ2) is 4.81. The first-order valence-electron chi connectivity index (χ1n) is 4.24. The highest BCUT2D eigenvalue weighted by Crippen LogP contribution is 2.13. The molecule has 1 unspecified atom stereocenters. The predicted octanol–water partition coefficient (Wildman–Crippen LogP) is 1.41. The maximum atomic E-state index is 10.6. The Kier molecular flexibility index (Phi) is 3.71. The van der Waals surface area contributed by atoms with Crippen LogP contribution in [0.25, 0.3) is 0 Å². The van der Waals surface area contributed by atoms with E-state index in [1.54, 1.807) is 18.3 Å². The third-order valence-electron chi connectivity index (χ3n) is 1.65. The van der Waals surface area contributed by atoms with Gasteiger partial charge < -0.3 is 11.1 Å². The van der Waals surface area contributed by atoms with Crippen LogP contribution >= 0.6 is 11.6 Å². The van der Waals surface area contributed by atoms with Crippen LogP contribution in [0.2, 0.25) is 5.15 Å². The molecule has 0 saturated carbocycles. The van der Waals surface area contributed by atoms with Gasteiger partial charge in [0.1, 0.15) is 5.15 Å². The topological polar surface area (TPSA) is 68.0 Å². The lowest BCUT2D eigenvalue weighted by Gasteiger charge is -2.12. The fraction of sp³-hybridized carbons (Fsp3) is 0.333. The molecule has 0 aliphatic carbocycles. The third-order valence-corrected chi connectivity index (χ3v) is 1.85. The molecule has 0 saturated heterocycles. The minimum atomic E-state index is -0.329. The normalized spacial score (nSPS) is 12.1. The van der Waals surface area contributed by atoms with Gasteiger partial charge in [0.2, 0.25) is 5.91 Å². The Bertz CT molecular complexity index is 330. The van der Waals surface area contributed by atoms with Gasteiger partial charge in [0.05, 0.1) is 0 Å². The summed E-state index contributed by atoms with van der Waals surface area (Å²) in [6, 6.07) is 3.47. The lowest BCUT2D eigenvalue weighted by atomic mass is 10.2. The minimum Gasteiger partial charge on any atom is -0.382 e. The molecular weight excluding hydrogens is 202 g/mol. The van der Waals surface area contributed by atoms with Gasteiger partial charge in [-0.2, -0.15) is 0 Å². The van der Waals surface area contributed by atoms with Gasteiger partial charge in [-0.05, 0) is 19.1 Å². The Morgan fingerprint density at radius 2 is 2.50 bits per heavy atom. The Balaban J connectivity index is 2.55. The molecular formula is C9H12ClN3O. The lowest BCUT2D eigenvalue weighted by molar-refractivity contribution is -0.118. The maximum Gasteiger partial charge on any atom is 0.219 e. The first-order chi connectivity index (χ1) is 6.58. The van der Waals surface area contributed by atoms with Gasteiger partial charge in [0.25, 0.3) is 0 Å². The number of halogens is 1. The zero-order valence-electron chi connectivity index (χ0n) is 7.83. The van der Waals surface area contributed by atoms with Crippen molar-refractivity contribution in [1.82, 2.24) is 4.98 Å². The summed E-state index contributed by atoms with van der Waals surface area (Å²) in [6.45, 7) is 1.87. The molecule has 1 amide bonds. The number of hydrogen-bond acceptors (Lipinski definition) is 3. The van der Waals surface area contributed by atoms with Gasteiger partial charge in [-0.25, -0.2) is 4.98 Å². The Morgan fingerprint density at radius 1 is 1.79 bits per heavy atom. The van der Waals surface area contributed by atoms with E-state index >= 15 is 0 Å². The molecule has 0 aromatic carbocycles. The SMILES string of the molecule is CC(CC(N)=O)Nc1ccnc(Cl)c1. The largest absolute Gasteiger partial charge is 0.382 e. The van der Waals surface area contributed by atoms with Crippen LogP contribution in [0.1, 0.15) is 13.3 Å². The molecule has 5 heteroatoms. The summed E-state index contributed by atoms with van der Waals surface area (Å²) in [5, 5.41) is 3.51. The highest BCUT2D eigenvalue weighted by molar-refractivity contribution is 6.29. The van der Waals surface area contributed by atoms with Crippen molar-refractivity contribution >= 4 is 23.2 Å². The molecule has 1 atom stereocenters. The van der Waals surface area contributed by atoms with Gasteiger partial charge in [0, 0.05) is 24.3 Å². The molecule has 0 bridgehead atoms. The van der Waals surface area contributed by atoms with Crippen LogP contribution in [0.3, 0.4) is 0 Å². The van der Waals surface area contributed by atoms with E-state index in [9.17, 15) is 4.79 Å². The maximum absolute atomic E-state index is 10.6. The van der Waals surface area contributed by atoms with E-state index in [4.69, 9.17) is 17.3 Å². The van der Waals surface area contributed by atoms with Crippen LogP contribution in [0, 0.1) is 0 Å². The number of amides is 1. The molecule has 76 valence electrons. The zero-order chi connectivity index (χ0) is 10.6. The van der Waals surface area contributed by atoms with Gasteiger partial charge in [-0.1, -0.05) is 11.6 Å². The number of primary amides is 1. The Morgan fingerprint density at radius 3 is 3.07 bits per heavy atom. The number of carbonyl (C=O) groups excluding carboxylic acids is 1. The third kappa shape index (κ3) is 3.62. The van der Waals surface area contributed by atoms with Gasteiger partial charge in [-0.3, -0.25) is 4.79 Å². The monoisotopic (exact) mass is 213 g/mol. The van der Waals surface area contributed by atoms with E-state index in [1.165, 1.54) is 0 Å². The number of nitrogens with zero attached hydrogens (tertiary/aromatic N) is 1. The van der Waals surface area contributed by atoms with Crippen molar-refractivity contribution in [2.45, 2.75) is 19.4 Å². The van der Waals surface area contributed by atoms with Crippen LogP contribution < -0.4 is 11.1 Å². The molecule has 4 nitrogen and oxygen atoms in total. The van der Waals surface area contributed by atoms with E-state index < -0.39 is 0 Å². The minimum absolute atomic E-state index is 0.00836. The fourth-order valence-corrected chi connectivity index (χ4v) is 1.30. The highest BCUT2D eigenvalue weighted by Gasteiger charge is 2.05. The summed E-state index contributed by atoms with van der Waals surface area (Å²) in [6.07, 6.45) is 1.89. The number of pyridine rings is 1. The molecule has 1 aromatic heterocycles. The van der Waals surface area contributed by atoms with Crippen molar-refractivity contribution in [2.75, 3.05) is 5.32 Å². The van der Waals surface area contributed by atoms with Gasteiger partial charge in [0.15, 0.2) is 0 Å². The highest BCUT2D eigenvalue weighted by atomic mass is 35.5. The van der Waals surface area contributed by atoms with Crippen molar-refractivity contribution in [3.05, 3.63) is 23.5 Å². The van der Waals surface area contributed by atoms with Crippen LogP contribution in [-0.2, 0) is 4.79 Å². The average Bonchev–Trinajstić information content (AvgIpc) is 2.01. The number of hydrogen-bond donors (Lipinski definition) is 2. The molecule has 0 aliphatic heterocycles. The van der Waals surface area contributed by atoms with Crippen molar-refractivity contribution in [1.29, 1.82) is 0 Å². The van der Waals surface area contributed by atoms with E-state index in [0.29, 0.717) is 11.6 Å².